The maximum absolute atomic E-state index is 13.6. The molecule has 0 radical (unpaired) electrons. The molecule has 0 saturated carbocycles. The molecule has 1 amide bonds. The van der Waals surface area contributed by atoms with Crippen molar-refractivity contribution >= 4 is 34.5 Å². The first-order chi connectivity index (χ1) is 17.1. The van der Waals surface area contributed by atoms with E-state index < -0.39 is 0 Å². The Hall–Kier alpha value is -3.71. The van der Waals surface area contributed by atoms with Crippen molar-refractivity contribution in [3.05, 3.63) is 99.4 Å². The quantitative estimate of drug-likeness (QED) is 0.444. The number of nitrogens with zero attached hydrogens (tertiary/aromatic N) is 4. The van der Waals surface area contributed by atoms with Gasteiger partial charge in [-0.2, -0.15) is 0 Å². The Bertz CT molecular complexity index is 1390. The number of nitrogens with one attached hydrogen (secondary N) is 1. The number of aromatic nitrogens is 3. The van der Waals surface area contributed by atoms with Crippen LogP contribution in [0.5, 0.6) is 0 Å². The Kier molecular flexibility index (Phi) is 6.77. The fourth-order valence-corrected chi connectivity index (χ4v) is 4.63. The summed E-state index contributed by atoms with van der Waals surface area (Å²) >= 11 is 5.95. The number of piperidine rings is 1. The molecule has 2 aromatic heterocycles. The van der Waals surface area contributed by atoms with Crippen LogP contribution in [0.1, 0.15) is 24.0 Å². The lowest BCUT2D eigenvalue weighted by Crippen LogP contribution is -2.45. The Labute approximate surface area is 208 Å². The van der Waals surface area contributed by atoms with Gasteiger partial charge in [0.25, 0.3) is 5.56 Å². The number of benzene rings is 2. The number of amides is 1. The van der Waals surface area contributed by atoms with Crippen LogP contribution in [-0.2, 0) is 17.9 Å². The molecule has 178 valence electrons. The molecule has 7 nitrogen and oxygen atoms in total. The highest BCUT2D eigenvalue weighted by Crippen LogP contribution is 2.22. The molecule has 5 rings (SSSR count). The molecular weight excluding hydrogens is 462 g/mol. The van der Waals surface area contributed by atoms with Crippen LogP contribution >= 0.6 is 11.6 Å². The predicted molar refractivity (Wildman–Crippen MR) is 138 cm³/mol. The lowest BCUT2D eigenvalue weighted by atomic mass is 9.97. The van der Waals surface area contributed by atoms with Gasteiger partial charge < -0.3 is 10.2 Å². The van der Waals surface area contributed by atoms with Gasteiger partial charge in [-0.15, -0.1) is 0 Å². The highest BCUT2D eigenvalue weighted by molar-refractivity contribution is 6.30. The SMILES string of the molecule is O=C(NCc1ccc(Cl)cc1)C1CCCN(c2nc3cccnc3n(Cc3ccccc3)c2=O)C1. The van der Waals surface area contributed by atoms with E-state index in [-0.39, 0.29) is 17.4 Å². The molecule has 4 aromatic rings. The van der Waals surface area contributed by atoms with Crippen LogP contribution in [-0.4, -0.2) is 33.5 Å². The number of hydrogen-bond acceptors (Lipinski definition) is 5. The summed E-state index contributed by atoms with van der Waals surface area (Å²) in [5, 5.41) is 3.69. The number of rotatable bonds is 6. The van der Waals surface area contributed by atoms with Crippen molar-refractivity contribution in [2.75, 3.05) is 18.0 Å². The molecule has 1 aliphatic rings. The second-order valence-electron chi connectivity index (χ2n) is 8.79. The van der Waals surface area contributed by atoms with Crippen LogP contribution in [0.4, 0.5) is 5.82 Å². The number of halogens is 1. The van der Waals surface area contributed by atoms with Crippen LogP contribution in [0.3, 0.4) is 0 Å². The number of carbonyl (C=O) groups is 1. The smallest absolute Gasteiger partial charge is 0.295 e. The fraction of sp³-hybridized carbons (Fsp3) is 0.259. The summed E-state index contributed by atoms with van der Waals surface area (Å²) in [6.45, 7) is 1.98. The van der Waals surface area contributed by atoms with Gasteiger partial charge in [0.05, 0.1) is 12.5 Å². The minimum absolute atomic E-state index is 0.0169. The summed E-state index contributed by atoms with van der Waals surface area (Å²) < 4.78 is 1.68. The van der Waals surface area contributed by atoms with Crippen LogP contribution in [0.15, 0.2) is 77.7 Å². The van der Waals surface area contributed by atoms with Crippen molar-refractivity contribution in [1.82, 2.24) is 19.9 Å². The number of fused-ring (bicyclic) bond motifs is 1. The van der Waals surface area contributed by atoms with Gasteiger partial charge in [0.15, 0.2) is 11.5 Å². The van der Waals surface area contributed by atoms with E-state index in [4.69, 9.17) is 11.6 Å². The van der Waals surface area contributed by atoms with E-state index in [0.717, 1.165) is 24.0 Å². The van der Waals surface area contributed by atoms with Gasteiger partial charge in [0.2, 0.25) is 5.91 Å². The topological polar surface area (TPSA) is 80.1 Å². The van der Waals surface area contributed by atoms with E-state index in [1.165, 1.54) is 0 Å². The Morgan fingerprint density at radius 3 is 2.63 bits per heavy atom. The first kappa shape index (κ1) is 23.1. The van der Waals surface area contributed by atoms with E-state index in [1.807, 2.05) is 71.6 Å². The third-order valence-electron chi connectivity index (χ3n) is 6.34. The van der Waals surface area contributed by atoms with Gasteiger partial charge in [-0.05, 0) is 48.2 Å². The van der Waals surface area contributed by atoms with Crippen LogP contribution in [0, 0.1) is 5.92 Å². The van der Waals surface area contributed by atoms with Crippen molar-refractivity contribution < 1.29 is 4.79 Å². The molecule has 0 bridgehead atoms. The summed E-state index contributed by atoms with van der Waals surface area (Å²) in [5.74, 6) is 0.137. The molecule has 1 unspecified atom stereocenters. The van der Waals surface area contributed by atoms with Gasteiger partial charge in [-0.25, -0.2) is 9.97 Å². The molecule has 35 heavy (non-hydrogen) atoms. The monoisotopic (exact) mass is 487 g/mol. The summed E-state index contributed by atoms with van der Waals surface area (Å²) in [4.78, 5) is 37.6. The second kappa shape index (κ2) is 10.3. The highest BCUT2D eigenvalue weighted by atomic mass is 35.5. The summed E-state index contributed by atoms with van der Waals surface area (Å²) in [6, 6.07) is 21.0. The van der Waals surface area contributed by atoms with E-state index in [2.05, 4.69) is 15.3 Å². The van der Waals surface area contributed by atoms with Crippen molar-refractivity contribution in [1.29, 1.82) is 0 Å². The summed E-state index contributed by atoms with van der Waals surface area (Å²) in [6.07, 6.45) is 3.26. The van der Waals surface area contributed by atoms with Gasteiger partial charge in [-0.3, -0.25) is 14.2 Å². The second-order valence-corrected chi connectivity index (χ2v) is 9.22. The third-order valence-corrected chi connectivity index (χ3v) is 6.59. The number of pyridine rings is 1. The molecule has 2 aromatic carbocycles. The van der Waals surface area contributed by atoms with Crippen LogP contribution < -0.4 is 15.8 Å². The van der Waals surface area contributed by atoms with Gasteiger partial charge in [-0.1, -0.05) is 54.1 Å². The zero-order valence-corrected chi connectivity index (χ0v) is 20.0. The van der Waals surface area contributed by atoms with Crippen LogP contribution in [0.25, 0.3) is 11.2 Å². The highest BCUT2D eigenvalue weighted by Gasteiger charge is 2.28. The van der Waals surface area contributed by atoms with E-state index in [1.54, 1.807) is 10.8 Å². The molecule has 1 saturated heterocycles. The fourth-order valence-electron chi connectivity index (χ4n) is 4.50. The van der Waals surface area contributed by atoms with Crippen LogP contribution in [0.2, 0.25) is 5.02 Å². The van der Waals surface area contributed by atoms with Gasteiger partial charge >= 0.3 is 0 Å². The maximum atomic E-state index is 13.6. The Morgan fingerprint density at radius 2 is 1.83 bits per heavy atom. The Balaban J connectivity index is 1.38. The first-order valence-corrected chi connectivity index (χ1v) is 12.1. The minimum Gasteiger partial charge on any atom is -0.352 e. The zero-order chi connectivity index (χ0) is 24.2. The minimum atomic E-state index is -0.218. The van der Waals surface area contributed by atoms with E-state index >= 15 is 0 Å². The van der Waals surface area contributed by atoms with Gasteiger partial charge in [0.1, 0.15) is 5.52 Å². The average Bonchev–Trinajstić information content (AvgIpc) is 2.90. The van der Waals surface area contributed by atoms with E-state index in [0.29, 0.717) is 48.2 Å². The molecule has 8 heteroatoms. The molecule has 1 fully saturated rings. The van der Waals surface area contributed by atoms with Crippen molar-refractivity contribution in [3.8, 4) is 0 Å². The molecule has 0 aliphatic carbocycles. The molecule has 3 heterocycles. The molecule has 0 spiro atoms. The van der Waals surface area contributed by atoms with Crippen molar-refractivity contribution in [2.24, 2.45) is 5.92 Å². The lowest BCUT2D eigenvalue weighted by molar-refractivity contribution is -0.125. The van der Waals surface area contributed by atoms with Crippen molar-refractivity contribution in [2.45, 2.75) is 25.9 Å². The van der Waals surface area contributed by atoms with E-state index in [9.17, 15) is 9.59 Å². The average molecular weight is 488 g/mol. The van der Waals surface area contributed by atoms with Crippen molar-refractivity contribution in [3.63, 3.8) is 0 Å². The third kappa shape index (κ3) is 5.20. The molecule has 1 atom stereocenters. The largest absolute Gasteiger partial charge is 0.352 e. The molecule has 1 aliphatic heterocycles. The van der Waals surface area contributed by atoms with Gasteiger partial charge in [0, 0.05) is 30.9 Å². The number of anilines is 1. The maximum Gasteiger partial charge on any atom is 0.295 e. The lowest BCUT2D eigenvalue weighted by Gasteiger charge is -2.32. The number of hydrogen-bond donors (Lipinski definition) is 1. The standard InChI is InChI=1S/C27H26ClN5O2/c28-22-12-10-19(11-13-22)16-30-26(34)21-8-5-15-32(18-21)25-27(35)33(17-20-6-2-1-3-7-20)24-23(31-25)9-4-14-29-24/h1-4,6-7,9-14,21H,5,8,15-18H2,(H,30,34). The zero-order valence-electron chi connectivity index (χ0n) is 19.2. The number of carbonyl (C=O) groups excluding carboxylic acids is 1. The summed E-state index contributed by atoms with van der Waals surface area (Å²) in [7, 11) is 0. The normalized spacial score (nSPS) is 15.8. The predicted octanol–water partition coefficient (Wildman–Crippen LogP) is 4.03. The molecular formula is C27H26ClN5O2. The molecule has 1 N–H and O–H groups in total. The Morgan fingerprint density at radius 1 is 1.03 bits per heavy atom. The summed E-state index contributed by atoms with van der Waals surface area (Å²) in [5.41, 5.74) is 3.02. The first-order valence-electron chi connectivity index (χ1n) is 11.7.